The van der Waals surface area contributed by atoms with E-state index in [1.807, 2.05) is 0 Å². The van der Waals surface area contributed by atoms with Crippen LogP contribution in [-0.2, 0) is 16.0 Å². The summed E-state index contributed by atoms with van der Waals surface area (Å²) >= 11 is 0. The third-order valence-electron chi connectivity index (χ3n) is 3.41. The summed E-state index contributed by atoms with van der Waals surface area (Å²) < 4.78 is 58.5. The second-order valence-electron chi connectivity index (χ2n) is 5.09. The summed E-state index contributed by atoms with van der Waals surface area (Å²) in [6, 6.07) is 4.78. The number of nitrogens with one attached hydrogen (secondary N) is 1. The summed E-state index contributed by atoms with van der Waals surface area (Å²) in [5.41, 5.74) is -0.956. The molecule has 132 valence electrons. The van der Waals surface area contributed by atoms with Gasteiger partial charge in [-0.25, -0.2) is 22.4 Å². The number of carbonyl (C=O) groups excluding carboxylic acids is 2. The van der Waals surface area contributed by atoms with E-state index in [0.717, 1.165) is 13.2 Å². The molecule has 2 rings (SSSR count). The van der Waals surface area contributed by atoms with Crippen molar-refractivity contribution in [2.75, 3.05) is 7.11 Å². The molecular formula is C17H13F4NO3. The van der Waals surface area contributed by atoms with E-state index >= 15 is 0 Å². The monoisotopic (exact) mass is 355 g/mol. The van der Waals surface area contributed by atoms with E-state index in [0.29, 0.717) is 12.1 Å². The molecular weight excluding hydrogens is 342 g/mol. The average molecular weight is 355 g/mol. The van der Waals surface area contributed by atoms with Gasteiger partial charge in [0.15, 0.2) is 0 Å². The van der Waals surface area contributed by atoms with Crippen LogP contribution in [0.25, 0.3) is 0 Å². The molecule has 0 fully saturated rings. The molecule has 0 saturated heterocycles. The Morgan fingerprint density at radius 3 is 2.20 bits per heavy atom. The maximum absolute atomic E-state index is 13.7. The van der Waals surface area contributed by atoms with Crippen molar-refractivity contribution in [3.05, 3.63) is 70.8 Å². The van der Waals surface area contributed by atoms with Crippen molar-refractivity contribution in [1.29, 1.82) is 0 Å². The summed E-state index contributed by atoms with van der Waals surface area (Å²) in [6.07, 6.45) is -0.296. The van der Waals surface area contributed by atoms with Crippen LogP contribution in [-0.4, -0.2) is 25.0 Å². The van der Waals surface area contributed by atoms with Crippen LogP contribution in [0.5, 0.6) is 0 Å². The van der Waals surface area contributed by atoms with E-state index in [1.54, 1.807) is 0 Å². The fourth-order valence-corrected chi connectivity index (χ4v) is 2.21. The van der Waals surface area contributed by atoms with Crippen LogP contribution in [0.2, 0.25) is 0 Å². The van der Waals surface area contributed by atoms with E-state index in [9.17, 15) is 27.2 Å². The van der Waals surface area contributed by atoms with Crippen LogP contribution in [0.1, 0.15) is 15.9 Å². The Bertz CT molecular complexity index is 787. The minimum atomic E-state index is -1.43. The quantitative estimate of drug-likeness (QED) is 0.663. The van der Waals surface area contributed by atoms with E-state index in [4.69, 9.17) is 0 Å². The highest BCUT2D eigenvalue weighted by Crippen LogP contribution is 2.16. The first-order valence-corrected chi connectivity index (χ1v) is 7.10. The van der Waals surface area contributed by atoms with Crippen molar-refractivity contribution in [2.45, 2.75) is 12.5 Å². The van der Waals surface area contributed by atoms with E-state index in [2.05, 4.69) is 10.1 Å². The van der Waals surface area contributed by atoms with Crippen molar-refractivity contribution >= 4 is 11.9 Å². The third-order valence-corrected chi connectivity index (χ3v) is 3.41. The lowest BCUT2D eigenvalue weighted by molar-refractivity contribution is -0.142. The first kappa shape index (κ1) is 18.4. The lowest BCUT2D eigenvalue weighted by Gasteiger charge is -2.17. The number of hydrogen-bond acceptors (Lipinski definition) is 3. The van der Waals surface area contributed by atoms with Gasteiger partial charge in [-0.05, 0) is 11.6 Å². The number of hydrogen-bond donors (Lipinski definition) is 1. The predicted molar refractivity (Wildman–Crippen MR) is 79.7 cm³/mol. The standard InChI is InChI=1S/C17H13F4NO3/c1-25-17(24)14(6-9-4-2-3-5-11(9)19)22-16(23)15-12(20)7-10(18)8-13(15)21/h2-5,7-8,14H,6H2,1H3,(H,22,23)/t14-/m1/s1. The van der Waals surface area contributed by atoms with Crippen LogP contribution < -0.4 is 5.32 Å². The number of esters is 1. The molecule has 1 amide bonds. The Labute approximate surface area is 140 Å². The first-order valence-electron chi connectivity index (χ1n) is 7.10. The molecule has 1 N–H and O–H groups in total. The highest BCUT2D eigenvalue weighted by Gasteiger charge is 2.27. The van der Waals surface area contributed by atoms with Gasteiger partial charge in [0.05, 0.1) is 7.11 Å². The van der Waals surface area contributed by atoms with Crippen molar-refractivity contribution in [3.8, 4) is 0 Å². The molecule has 4 nitrogen and oxygen atoms in total. The average Bonchev–Trinajstić information content (AvgIpc) is 2.54. The van der Waals surface area contributed by atoms with E-state index in [-0.39, 0.29) is 12.0 Å². The molecule has 1 atom stereocenters. The lowest BCUT2D eigenvalue weighted by Crippen LogP contribution is -2.43. The molecule has 0 unspecified atom stereocenters. The normalized spacial score (nSPS) is 11.7. The maximum Gasteiger partial charge on any atom is 0.328 e. The Balaban J connectivity index is 2.27. The van der Waals surface area contributed by atoms with Gasteiger partial charge in [0.25, 0.3) is 5.91 Å². The number of halogens is 4. The van der Waals surface area contributed by atoms with Crippen LogP contribution in [0.15, 0.2) is 36.4 Å². The van der Waals surface area contributed by atoms with Gasteiger partial charge in [0.1, 0.15) is 34.9 Å². The van der Waals surface area contributed by atoms with Gasteiger partial charge in [0, 0.05) is 18.6 Å². The lowest BCUT2D eigenvalue weighted by atomic mass is 10.0. The second kappa shape index (κ2) is 7.78. The van der Waals surface area contributed by atoms with Crippen molar-refractivity contribution in [3.63, 3.8) is 0 Å². The van der Waals surface area contributed by atoms with Crippen LogP contribution in [0, 0.1) is 23.3 Å². The highest BCUT2D eigenvalue weighted by molar-refractivity contribution is 5.97. The molecule has 0 saturated carbocycles. The van der Waals surface area contributed by atoms with E-state index in [1.165, 1.54) is 18.2 Å². The van der Waals surface area contributed by atoms with Crippen LogP contribution >= 0.6 is 0 Å². The minimum Gasteiger partial charge on any atom is -0.467 e. The van der Waals surface area contributed by atoms with Crippen molar-refractivity contribution in [2.24, 2.45) is 0 Å². The number of amides is 1. The zero-order chi connectivity index (χ0) is 18.6. The minimum absolute atomic E-state index is 0.0956. The topological polar surface area (TPSA) is 55.4 Å². The smallest absolute Gasteiger partial charge is 0.328 e. The molecule has 2 aromatic carbocycles. The number of benzene rings is 2. The highest BCUT2D eigenvalue weighted by atomic mass is 19.1. The number of rotatable bonds is 5. The van der Waals surface area contributed by atoms with Crippen molar-refractivity contribution in [1.82, 2.24) is 5.32 Å². The number of methoxy groups -OCH3 is 1. The van der Waals surface area contributed by atoms with Gasteiger partial charge in [-0.15, -0.1) is 0 Å². The Kier molecular flexibility index (Phi) is 5.74. The van der Waals surface area contributed by atoms with Gasteiger partial charge in [-0.2, -0.15) is 0 Å². The fourth-order valence-electron chi connectivity index (χ4n) is 2.21. The first-order chi connectivity index (χ1) is 11.8. The third kappa shape index (κ3) is 4.34. The summed E-state index contributed by atoms with van der Waals surface area (Å²) in [4.78, 5) is 23.9. The zero-order valence-corrected chi connectivity index (χ0v) is 13.0. The molecule has 0 aliphatic heterocycles. The SMILES string of the molecule is COC(=O)[C@@H](Cc1ccccc1F)NC(=O)c1c(F)cc(F)cc1F. The Morgan fingerprint density at radius 2 is 1.64 bits per heavy atom. The molecule has 0 aliphatic carbocycles. The summed E-state index contributed by atoms with van der Waals surface area (Å²) in [5, 5.41) is 2.08. The molecule has 0 bridgehead atoms. The van der Waals surface area contributed by atoms with Gasteiger partial charge in [0.2, 0.25) is 0 Å². The summed E-state index contributed by atoms with van der Waals surface area (Å²) in [6.45, 7) is 0. The van der Waals surface area contributed by atoms with Crippen LogP contribution in [0.3, 0.4) is 0 Å². The molecule has 0 aromatic heterocycles. The summed E-state index contributed by atoms with van der Waals surface area (Å²) in [5.74, 6) is -6.89. The molecule has 0 radical (unpaired) electrons. The molecule has 0 heterocycles. The van der Waals surface area contributed by atoms with Crippen molar-refractivity contribution < 1.29 is 31.9 Å². The zero-order valence-electron chi connectivity index (χ0n) is 13.0. The molecule has 2 aromatic rings. The number of carbonyl (C=O) groups is 2. The Hall–Kier alpha value is -2.90. The molecule has 0 aliphatic rings. The van der Waals surface area contributed by atoms with Gasteiger partial charge in [-0.1, -0.05) is 18.2 Å². The van der Waals surface area contributed by atoms with E-state index < -0.39 is 46.8 Å². The largest absolute Gasteiger partial charge is 0.467 e. The van der Waals surface area contributed by atoms with Gasteiger partial charge >= 0.3 is 5.97 Å². The van der Waals surface area contributed by atoms with Gasteiger partial charge in [-0.3, -0.25) is 4.79 Å². The number of ether oxygens (including phenoxy) is 1. The second-order valence-corrected chi connectivity index (χ2v) is 5.09. The Morgan fingerprint density at radius 1 is 1.04 bits per heavy atom. The predicted octanol–water partition coefficient (Wildman–Crippen LogP) is 2.76. The molecule has 8 heteroatoms. The summed E-state index contributed by atoms with van der Waals surface area (Å²) in [7, 11) is 1.04. The van der Waals surface area contributed by atoms with Crippen LogP contribution in [0.4, 0.5) is 17.6 Å². The maximum atomic E-state index is 13.7. The fraction of sp³-hybridized carbons (Fsp3) is 0.176. The van der Waals surface area contributed by atoms with Gasteiger partial charge < -0.3 is 10.1 Å². The molecule has 25 heavy (non-hydrogen) atoms. The molecule has 0 spiro atoms.